The molecule has 1 unspecified atom stereocenters. The fraction of sp³-hybridized carbons (Fsp3) is 0.273. The van der Waals surface area contributed by atoms with Gasteiger partial charge in [-0.1, -0.05) is 11.6 Å². The maximum absolute atomic E-state index is 13.1. The largest absolute Gasteiger partial charge is 0.480 e. The van der Waals surface area contributed by atoms with Gasteiger partial charge in [-0.3, -0.25) is 4.79 Å². The highest BCUT2D eigenvalue weighted by Crippen LogP contribution is 2.22. The summed E-state index contributed by atoms with van der Waals surface area (Å²) in [5.74, 6) is -3.93. The van der Waals surface area contributed by atoms with Crippen LogP contribution in [0.1, 0.15) is 16.8 Å². The Balaban J connectivity index is 2.85. The summed E-state index contributed by atoms with van der Waals surface area (Å²) in [5.41, 5.74) is -0.333. The topological polar surface area (TPSA) is 66.4 Å². The Morgan fingerprint density at radius 3 is 2.40 bits per heavy atom. The summed E-state index contributed by atoms with van der Waals surface area (Å²) in [4.78, 5) is 22.2. The molecule has 0 saturated heterocycles. The van der Waals surface area contributed by atoms with Gasteiger partial charge in [-0.05, 0) is 18.2 Å². The number of carboxylic acids is 1. The van der Waals surface area contributed by atoms with Crippen LogP contribution < -0.4 is 5.32 Å². The Bertz CT molecular complexity index is 533. The monoisotopic (exact) mass is 313 g/mol. The first kappa shape index (κ1) is 16.2. The number of aliphatic carboxylic acids is 1. The average Bonchev–Trinajstić information content (AvgIpc) is 2.29. The van der Waals surface area contributed by atoms with E-state index in [1.165, 1.54) is 0 Å². The second-order valence-corrected chi connectivity index (χ2v) is 4.22. The minimum atomic E-state index is -4.76. The number of rotatable bonds is 4. The second kappa shape index (κ2) is 6.08. The molecule has 2 N–H and O–H groups in total. The van der Waals surface area contributed by atoms with Crippen molar-refractivity contribution in [2.24, 2.45) is 0 Å². The maximum Gasteiger partial charge on any atom is 0.391 e. The summed E-state index contributed by atoms with van der Waals surface area (Å²) < 4.78 is 49.5. The summed E-state index contributed by atoms with van der Waals surface area (Å²) in [6.07, 6.45) is -6.49. The molecule has 9 heteroatoms. The number of carboxylic acid groups (broad SMARTS) is 1. The maximum atomic E-state index is 13.1. The molecule has 4 nitrogen and oxygen atoms in total. The first-order chi connectivity index (χ1) is 9.10. The number of hydrogen-bond acceptors (Lipinski definition) is 2. The minimum Gasteiger partial charge on any atom is -0.480 e. The van der Waals surface area contributed by atoms with Gasteiger partial charge in [-0.25, -0.2) is 9.18 Å². The molecule has 0 aliphatic heterocycles. The van der Waals surface area contributed by atoms with E-state index < -0.39 is 36.3 Å². The molecular weight excluding hydrogens is 306 g/mol. The van der Waals surface area contributed by atoms with Crippen LogP contribution in [0.25, 0.3) is 0 Å². The van der Waals surface area contributed by atoms with Gasteiger partial charge in [0.1, 0.15) is 11.9 Å². The Morgan fingerprint density at radius 2 is 1.95 bits per heavy atom. The smallest absolute Gasteiger partial charge is 0.391 e. The molecule has 1 aromatic carbocycles. The molecule has 1 atom stereocenters. The first-order valence-electron chi connectivity index (χ1n) is 5.15. The summed E-state index contributed by atoms with van der Waals surface area (Å²) in [5, 5.41) is 10.0. The van der Waals surface area contributed by atoms with Gasteiger partial charge in [0.25, 0.3) is 5.91 Å². The molecule has 0 radical (unpaired) electrons. The summed E-state index contributed by atoms with van der Waals surface area (Å²) in [6.45, 7) is 0. The zero-order chi connectivity index (χ0) is 15.5. The normalized spacial score (nSPS) is 12.8. The predicted molar refractivity (Wildman–Crippen MR) is 61.0 cm³/mol. The number of carbonyl (C=O) groups is 2. The lowest BCUT2D eigenvalue weighted by atomic mass is 10.1. The van der Waals surface area contributed by atoms with Crippen LogP contribution in [0, 0.1) is 5.82 Å². The van der Waals surface area contributed by atoms with Gasteiger partial charge in [0, 0.05) is 5.56 Å². The Hall–Kier alpha value is -1.83. The Kier molecular flexibility index (Phi) is 4.93. The molecule has 0 aromatic heterocycles. The molecule has 0 aliphatic rings. The van der Waals surface area contributed by atoms with Crippen molar-refractivity contribution in [2.45, 2.75) is 18.6 Å². The fourth-order valence-corrected chi connectivity index (χ4v) is 1.43. The van der Waals surface area contributed by atoms with Crippen LogP contribution in [0.5, 0.6) is 0 Å². The van der Waals surface area contributed by atoms with Crippen molar-refractivity contribution in [2.75, 3.05) is 0 Å². The molecule has 110 valence electrons. The van der Waals surface area contributed by atoms with Gasteiger partial charge < -0.3 is 10.4 Å². The van der Waals surface area contributed by atoms with E-state index in [0.29, 0.717) is 6.07 Å². The van der Waals surface area contributed by atoms with Gasteiger partial charge >= 0.3 is 12.1 Å². The van der Waals surface area contributed by atoms with Crippen LogP contribution in [0.2, 0.25) is 5.02 Å². The number of halogens is 5. The molecule has 1 amide bonds. The average molecular weight is 314 g/mol. The summed E-state index contributed by atoms with van der Waals surface area (Å²) in [6, 6.07) is 0.643. The van der Waals surface area contributed by atoms with Crippen molar-refractivity contribution in [1.29, 1.82) is 0 Å². The highest BCUT2D eigenvalue weighted by atomic mass is 35.5. The number of amides is 1. The lowest BCUT2D eigenvalue weighted by Gasteiger charge is -2.16. The van der Waals surface area contributed by atoms with Crippen molar-refractivity contribution in [3.05, 3.63) is 34.6 Å². The molecule has 0 fully saturated rings. The van der Waals surface area contributed by atoms with E-state index >= 15 is 0 Å². The van der Waals surface area contributed by atoms with E-state index in [-0.39, 0.29) is 10.6 Å². The van der Waals surface area contributed by atoms with Crippen LogP contribution in [0.3, 0.4) is 0 Å². The molecule has 0 aliphatic carbocycles. The van der Waals surface area contributed by atoms with Gasteiger partial charge in [0.05, 0.1) is 11.4 Å². The molecule has 0 spiro atoms. The second-order valence-electron chi connectivity index (χ2n) is 3.81. The number of alkyl halides is 3. The fourth-order valence-electron chi connectivity index (χ4n) is 1.31. The third kappa shape index (κ3) is 4.69. The van der Waals surface area contributed by atoms with E-state index in [2.05, 4.69) is 0 Å². The predicted octanol–water partition coefficient (Wildman–Crippen LogP) is 2.61. The van der Waals surface area contributed by atoms with Gasteiger partial charge in [-0.15, -0.1) is 0 Å². The van der Waals surface area contributed by atoms with E-state index in [4.69, 9.17) is 16.7 Å². The zero-order valence-corrected chi connectivity index (χ0v) is 10.4. The molecule has 1 aromatic rings. The minimum absolute atomic E-state index is 0.272. The van der Waals surface area contributed by atoms with Crippen LogP contribution in [0.4, 0.5) is 17.6 Å². The third-order valence-corrected chi connectivity index (χ3v) is 2.53. The van der Waals surface area contributed by atoms with Crippen molar-refractivity contribution >= 4 is 23.5 Å². The van der Waals surface area contributed by atoms with Crippen molar-refractivity contribution in [1.82, 2.24) is 5.32 Å². The molecule has 0 bridgehead atoms. The standard InChI is InChI=1S/C11H8ClF4NO3/c12-6-2-1-5(3-7(6)13)9(18)17-8(10(19)20)4-11(14,15)16/h1-3,8H,4H2,(H,17,18)(H,19,20). The van der Waals surface area contributed by atoms with Gasteiger partial charge in [0.15, 0.2) is 0 Å². The first-order valence-corrected chi connectivity index (χ1v) is 5.53. The van der Waals surface area contributed by atoms with Crippen molar-refractivity contribution < 1.29 is 32.3 Å². The third-order valence-electron chi connectivity index (χ3n) is 2.22. The van der Waals surface area contributed by atoms with Crippen LogP contribution >= 0.6 is 11.6 Å². The van der Waals surface area contributed by atoms with Crippen LogP contribution in [-0.4, -0.2) is 29.2 Å². The van der Waals surface area contributed by atoms with Crippen LogP contribution in [-0.2, 0) is 4.79 Å². The summed E-state index contributed by atoms with van der Waals surface area (Å²) in [7, 11) is 0. The van der Waals surface area contributed by atoms with Crippen molar-refractivity contribution in [3.63, 3.8) is 0 Å². The molecule has 1 rings (SSSR count). The van der Waals surface area contributed by atoms with Crippen LogP contribution in [0.15, 0.2) is 18.2 Å². The molecule has 0 saturated carbocycles. The highest BCUT2D eigenvalue weighted by Gasteiger charge is 2.36. The molecule has 20 heavy (non-hydrogen) atoms. The lowest BCUT2D eigenvalue weighted by Crippen LogP contribution is -2.43. The molecular formula is C11H8ClF4NO3. The number of benzene rings is 1. The van der Waals surface area contributed by atoms with E-state index in [1.807, 2.05) is 0 Å². The number of carbonyl (C=O) groups excluding carboxylic acids is 1. The highest BCUT2D eigenvalue weighted by molar-refractivity contribution is 6.30. The Labute approximate surface area is 115 Å². The number of hydrogen-bond donors (Lipinski definition) is 2. The zero-order valence-electron chi connectivity index (χ0n) is 9.67. The van der Waals surface area contributed by atoms with Gasteiger partial charge in [-0.2, -0.15) is 13.2 Å². The molecule has 0 heterocycles. The summed E-state index contributed by atoms with van der Waals surface area (Å²) >= 11 is 5.38. The number of nitrogens with one attached hydrogen (secondary N) is 1. The SMILES string of the molecule is O=C(NC(CC(F)(F)F)C(=O)O)c1ccc(Cl)c(F)c1. The van der Waals surface area contributed by atoms with E-state index in [0.717, 1.165) is 12.1 Å². The van der Waals surface area contributed by atoms with E-state index in [1.54, 1.807) is 5.32 Å². The van der Waals surface area contributed by atoms with E-state index in [9.17, 15) is 27.2 Å². The van der Waals surface area contributed by atoms with Gasteiger partial charge in [0.2, 0.25) is 0 Å². The van der Waals surface area contributed by atoms with Crippen molar-refractivity contribution in [3.8, 4) is 0 Å². The quantitative estimate of drug-likeness (QED) is 0.840. The lowest BCUT2D eigenvalue weighted by molar-refractivity contribution is -0.157. The Morgan fingerprint density at radius 1 is 1.35 bits per heavy atom.